The Bertz CT molecular complexity index is 2110. The first-order valence-electron chi connectivity index (χ1n) is 15.2. The van der Waals surface area contributed by atoms with E-state index in [0.717, 1.165) is 41.6 Å². The molecule has 0 spiro atoms. The van der Waals surface area contributed by atoms with Gasteiger partial charge in [0.05, 0.1) is 32.3 Å². The van der Waals surface area contributed by atoms with E-state index in [0.29, 0.717) is 11.5 Å². The molecule has 8 rings (SSSR count). The van der Waals surface area contributed by atoms with Crippen LogP contribution in [0.4, 0.5) is 0 Å². The highest BCUT2D eigenvalue weighted by molar-refractivity contribution is 8.01. The van der Waals surface area contributed by atoms with Crippen molar-refractivity contribution in [1.82, 2.24) is 9.97 Å². The fourth-order valence-electron chi connectivity index (χ4n) is 5.91. The highest BCUT2D eigenvalue weighted by atomic mass is 32.2. The quantitative estimate of drug-likeness (QED) is 0.136. The van der Waals surface area contributed by atoms with Gasteiger partial charge in [0.1, 0.15) is 5.78 Å². The molecule has 0 bridgehead atoms. The largest absolute Gasteiger partial charge is 0.298 e. The van der Waals surface area contributed by atoms with Crippen molar-refractivity contribution in [1.29, 1.82) is 0 Å². The number of rotatable bonds is 10. The molecule has 0 aliphatic carbocycles. The summed E-state index contributed by atoms with van der Waals surface area (Å²) >= 11 is 6.76. The zero-order valence-corrected chi connectivity index (χ0v) is 28.0. The van der Waals surface area contributed by atoms with Gasteiger partial charge in [0, 0.05) is 11.5 Å². The third-order valence-electron chi connectivity index (χ3n) is 8.33. The average molecular weight is 669 g/mol. The highest BCUT2D eigenvalue weighted by Crippen LogP contribution is 2.39. The van der Waals surface area contributed by atoms with E-state index in [1.54, 1.807) is 46.2 Å². The third-order valence-corrected chi connectivity index (χ3v) is 12.9. The zero-order valence-electron chi connectivity index (χ0n) is 24.7. The second-order valence-corrected chi connectivity index (χ2v) is 15.8. The summed E-state index contributed by atoms with van der Waals surface area (Å²) in [5, 5.41) is 4.64. The first kappa shape index (κ1) is 29.4. The van der Waals surface area contributed by atoms with Gasteiger partial charge in [-0.2, -0.15) is 0 Å². The van der Waals surface area contributed by atoms with Crippen LogP contribution >= 0.6 is 46.2 Å². The molecule has 3 nitrogen and oxygen atoms in total. The molecular weight excluding hydrogens is 641 g/mol. The minimum atomic E-state index is -0.311. The lowest BCUT2D eigenvalue weighted by molar-refractivity contribution is -0.121. The molecule has 2 atom stereocenters. The number of carbonyl (C=O) groups is 1. The number of hydrogen-bond acceptors (Lipinski definition) is 7. The van der Waals surface area contributed by atoms with Crippen molar-refractivity contribution in [3.63, 3.8) is 0 Å². The van der Waals surface area contributed by atoms with Gasteiger partial charge >= 0.3 is 0 Å². The van der Waals surface area contributed by atoms with Crippen LogP contribution in [-0.2, 0) is 4.79 Å². The van der Waals surface area contributed by atoms with Crippen LogP contribution in [0.3, 0.4) is 0 Å². The fraction of sp³-hybridized carbons (Fsp3) is 0.103. The van der Waals surface area contributed by atoms with Crippen molar-refractivity contribution < 1.29 is 4.79 Å². The minimum Gasteiger partial charge on any atom is -0.298 e. The van der Waals surface area contributed by atoms with E-state index in [1.165, 1.54) is 20.2 Å². The number of fused-ring (bicyclic) bond motifs is 4. The van der Waals surface area contributed by atoms with Crippen LogP contribution in [0.5, 0.6) is 0 Å². The van der Waals surface area contributed by atoms with E-state index < -0.39 is 0 Å². The lowest BCUT2D eigenvalue weighted by Gasteiger charge is -2.23. The van der Waals surface area contributed by atoms with Crippen LogP contribution in [-0.4, -0.2) is 27.3 Å². The molecule has 224 valence electrons. The SMILES string of the molecule is O=C(C(CSc1nc2ccccc2s1)c1ccc2ccccc2c1)C(CSc1nc2ccccc2s1)c1ccc2ccccc2c1. The molecular formula is C39H28N2OS4. The summed E-state index contributed by atoms with van der Waals surface area (Å²) in [6.07, 6.45) is 0. The first-order chi connectivity index (χ1) is 22.7. The van der Waals surface area contributed by atoms with Gasteiger partial charge in [0.25, 0.3) is 0 Å². The van der Waals surface area contributed by atoms with Gasteiger partial charge in [-0.15, -0.1) is 22.7 Å². The molecule has 2 aromatic heterocycles. The van der Waals surface area contributed by atoms with Gasteiger partial charge in [0.2, 0.25) is 0 Å². The molecule has 0 aliphatic heterocycles. The third kappa shape index (κ3) is 6.08. The maximum atomic E-state index is 15.0. The van der Waals surface area contributed by atoms with Gasteiger partial charge in [-0.05, 0) is 56.9 Å². The van der Waals surface area contributed by atoms with Gasteiger partial charge < -0.3 is 0 Å². The summed E-state index contributed by atoms with van der Waals surface area (Å²) in [6.45, 7) is 0. The number of Topliss-reactive ketones (excluding diaryl/α,β-unsaturated/α-hetero) is 1. The predicted octanol–water partition coefficient (Wildman–Crippen LogP) is 11.2. The summed E-state index contributed by atoms with van der Waals surface area (Å²) in [4.78, 5) is 24.8. The number of thioether (sulfide) groups is 2. The summed E-state index contributed by atoms with van der Waals surface area (Å²) in [6, 6.07) is 46.2. The Kier molecular flexibility index (Phi) is 8.31. The number of para-hydroxylation sites is 2. The van der Waals surface area contributed by atoms with Gasteiger partial charge in [0.15, 0.2) is 8.68 Å². The maximum absolute atomic E-state index is 15.0. The zero-order chi connectivity index (χ0) is 30.9. The van der Waals surface area contributed by atoms with Crippen LogP contribution in [0, 0.1) is 0 Å². The summed E-state index contributed by atoms with van der Waals surface area (Å²) < 4.78 is 4.32. The van der Waals surface area contributed by atoms with E-state index in [2.05, 4.69) is 109 Å². The van der Waals surface area contributed by atoms with E-state index in [4.69, 9.17) is 9.97 Å². The minimum absolute atomic E-state index is 0.229. The van der Waals surface area contributed by atoms with Crippen molar-refractivity contribution in [2.45, 2.75) is 20.5 Å². The Morgan fingerprint density at radius 2 is 0.935 bits per heavy atom. The number of benzene rings is 6. The molecule has 6 aromatic carbocycles. The topological polar surface area (TPSA) is 42.9 Å². The molecule has 0 radical (unpaired) electrons. The number of hydrogen-bond donors (Lipinski definition) is 0. The van der Waals surface area contributed by atoms with Crippen molar-refractivity contribution in [2.75, 3.05) is 11.5 Å². The van der Waals surface area contributed by atoms with Crippen LogP contribution < -0.4 is 0 Å². The Labute approximate surface area is 283 Å². The smallest absolute Gasteiger partial charge is 0.151 e. The molecule has 0 fully saturated rings. The number of aromatic nitrogens is 2. The van der Waals surface area contributed by atoms with E-state index >= 15 is 4.79 Å². The molecule has 0 saturated heterocycles. The van der Waals surface area contributed by atoms with Crippen molar-refractivity contribution >= 4 is 94.0 Å². The monoisotopic (exact) mass is 668 g/mol. The molecule has 7 heteroatoms. The number of ketones is 1. The summed E-state index contributed by atoms with van der Waals surface area (Å²) in [5.74, 6) is 0.843. The van der Waals surface area contributed by atoms with Crippen molar-refractivity contribution in [2.24, 2.45) is 0 Å². The van der Waals surface area contributed by atoms with Gasteiger partial charge in [-0.25, -0.2) is 9.97 Å². The summed E-state index contributed by atoms with van der Waals surface area (Å²) in [7, 11) is 0. The molecule has 46 heavy (non-hydrogen) atoms. The van der Waals surface area contributed by atoms with Crippen molar-refractivity contribution in [3.8, 4) is 0 Å². The van der Waals surface area contributed by atoms with Crippen molar-refractivity contribution in [3.05, 3.63) is 145 Å². The second kappa shape index (κ2) is 13.0. The fourth-order valence-corrected chi connectivity index (χ4v) is 10.4. The number of nitrogens with zero attached hydrogens (tertiary/aromatic N) is 2. The van der Waals surface area contributed by atoms with Crippen LogP contribution in [0.25, 0.3) is 42.0 Å². The maximum Gasteiger partial charge on any atom is 0.151 e. The molecule has 2 unspecified atom stereocenters. The Morgan fingerprint density at radius 3 is 1.39 bits per heavy atom. The number of carbonyl (C=O) groups excluding carboxylic acids is 1. The normalized spacial score (nSPS) is 13.0. The van der Waals surface area contributed by atoms with Gasteiger partial charge in [-0.3, -0.25) is 4.79 Å². The number of thiazole rings is 2. The second-order valence-electron chi connectivity index (χ2n) is 11.2. The Balaban J connectivity index is 1.17. The Hall–Kier alpha value is -4.01. The average Bonchev–Trinajstić information content (AvgIpc) is 3.72. The lowest BCUT2D eigenvalue weighted by Crippen LogP contribution is -2.24. The lowest BCUT2D eigenvalue weighted by atomic mass is 9.84. The molecule has 2 heterocycles. The molecule has 0 N–H and O–H groups in total. The molecule has 0 amide bonds. The standard InChI is InChI=1S/C39H28N2OS4/c42-37(31(29-19-17-25-9-1-3-11-27(25)21-29)23-43-38-40-33-13-5-7-15-35(33)45-38)32(30-20-18-26-10-2-4-12-28(26)22-30)24-44-39-41-34-14-6-8-16-36(34)46-39/h1-22,31-32H,23-24H2. The van der Waals surface area contributed by atoms with Crippen LogP contribution in [0.1, 0.15) is 23.0 Å². The van der Waals surface area contributed by atoms with Gasteiger partial charge in [-0.1, -0.05) is 133 Å². The predicted molar refractivity (Wildman–Crippen MR) is 199 cm³/mol. The van der Waals surface area contributed by atoms with E-state index in [-0.39, 0.29) is 17.6 Å². The van der Waals surface area contributed by atoms with Crippen LogP contribution in [0.15, 0.2) is 142 Å². The Morgan fingerprint density at radius 1 is 0.522 bits per heavy atom. The van der Waals surface area contributed by atoms with E-state index in [9.17, 15) is 0 Å². The molecule has 8 aromatic rings. The molecule has 0 saturated carbocycles. The summed E-state index contributed by atoms with van der Waals surface area (Å²) in [5.41, 5.74) is 4.11. The molecule has 0 aliphatic rings. The first-order valence-corrected chi connectivity index (χ1v) is 18.8. The van der Waals surface area contributed by atoms with E-state index in [1.807, 2.05) is 24.3 Å². The van der Waals surface area contributed by atoms with Crippen LogP contribution in [0.2, 0.25) is 0 Å². The highest BCUT2D eigenvalue weighted by Gasteiger charge is 2.31.